The molecule has 2 aromatic rings. The summed E-state index contributed by atoms with van der Waals surface area (Å²) in [5, 5.41) is 2.81. The lowest BCUT2D eigenvalue weighted by Gasteiger charge is -2.22. The number of benzene rings is 2. The van der Waals surface area contributed by atoms with Crippen molar-refractivity contribution in [2.75, 3.05) is 23.7 Å². The first-order chi connectivity index (χ1) is 13.6. The molecular weight excluding hydrogens is 388 g/mol. The van der Waals surface area contributed by atoms with Crippen LogP contribution in [0.1, 0.15) is 31.4 Å². The molecule has 1 N–H and O–H groups in total. The molecule has 0 saturated carbocycles. The Kier molecular flexibility index (Phi) is 8.08. The fourth-order valence-corrected chi connectivity index (χ4v) is 3.69. The first-order valence-corrected chi connectivity index (χ1v) is 11.6. The maximum Gasteiger partial charge on any atom is 0.240 e. The van der Waals surface area contributed by atoms with Gasteiger partial charge in [-0.2, -0.15) is 0 Å². The Labute approximate surface area is 173 Å². The molecular formula is C22H30N2O4S. The smallest absolute Gasteiger partial charge is 0.240 e. The highest BCUT2D eigenvalue weighted by molar-refractivity contribution is 7.92. The number of sulfonamides is 1. The highest BCUT2D eigenvalue weighted by Gasteiger charge is 2.21. The van der Waals surface area contributed by atoms with E-state index < -0.39 is 10.0 Å². The minimum atomic E-state index is -3.62. The lowest BCUT2D eigenvalue weighted by molar-refractivity contribution is -0.119. The molecule has 0 aliphatic heterocycles. The van der Waals surface area contributed by atoms with Crippen LogP contribution in [0.4, 0.5) is 5.69 Å². The molecule has 0 spiro atoms. The van der Waals surface area contributed by atoms with Gasteiger partial charge >= 0.3 is 0 Å². The molecule has 0 saturated heterocycles. The molecule has 29 heavy (non-hydrogen) atoms. The number of aryl methyl sites for hydroxylation is 2. The average molecular weight is 419 g/mol. The number of amides is 1. The third-order valence-corrected chi connectivity index (χ3v) is 5.39. The number of hydrogen-bond donors (Lipinski definition) is 1. The molecule has 7 heteroatoms. The number of carbonyl (C=O) groups excluding carboxylic acids is 1. The number of ether oxygens (including phenoxy) is 1. The lowest BCUT2D eigenvalue weighted by Crippen LogP contribution is -2.40. The number of carbonyl (C=O) groups is 1. The maximum absolute atomic E-state index is 12.3. The monoisotopic (exact) mass is 418 g/mol. The molecule has 0 radical (unpaired) electrons. The van der Waals surface area contributed by atoms with E-state index in [1.807, 2.05) is 20.8 Å². The van der Waals surface area contributed by atoms with Crippen LogP contribution in [-0.2, 0) is 21.2 Å². The van der Waals surface area contributed by atoms with Gasteiger partial charge in [0.15, 0.2) is 0 Å². The van der Waals surface area contributed by atoms with Crippen molar-refractivity contribution in [3.63, 3.8) is 0 Å². The van der Waals surface area contributed by atoms with E-state index in [4.69, 9.17) is 4.74 Å². The quantitative estimate of drug-likeness (QED) is 0.601. The van der Waals surface area contributed by atoms with Gasteiger partial charge in [-0.15, -0.1) is 0 Å². The van der Waals surface area contributed by atoms with Gasteiger partial charge in [0.1, 0.15) is 12.3 Å². The Bertz CT molecular complexity index is 909. The van der Waals surface area contributed by atoms with Crippen molar-refractivity contribution < 1.29 is 17.9 Å². The van der Waals surface area contributed by atoms with Gasteiger partial charge in [-0.05, 0) is 51.3 Å². The molecule has 0 aliphatic rings. The second-order valence-corrected chi connectivity index (χ2v) is 9.28. The van der Waals surface area contributed by atoms with Gasteiger partial charge < -0.3 is 10.1 Å². The van der Waals surface area contributed by atoms with Crippen LogP contribution in [0.5, 0.6) is 5.75 Å². The molecule has 1 amide bonds. The Hall–Kier alpha value is -2.54. The summed E-state index contributed by atoms with van der Waals surface area (Å²) in [6.45, 7) is 6.05. The van der Waals surface area contributed by atoms with E-state index in [9.17, 15) is 13.2 Å². The van der Waals surface area contributed by atoms with Crippen molar-refractivity contribution in [1.82, 2.24) is 5.32 Å². The van der Waals surface area contributed by atoms with Gasteiger partial charge in [0.2, 0.25) is 15.9 Å². The van der Waals surface area contributed by atoms with Crippen LogP contribution in [0.25, 0.3) is 0 Å². The fraction of sp³-hybridized carbons (Fsp3) is 0.409. The van der Waals surface area contributed by atoms with E-state index in [1.165, 1.54) is 11.1 Å². The molecule has 0 atom stereocenters. The zero-order valence-corrected chi connectivity index (χ0v) is 18.3. The molecule has 6 nitrogen and oxygen atoms in total. The fourth-order valence-electron chi connectivity index (χ4n) is 2.85. The SMILES string of the molecule is Cc1ccc(CCCNC(=O)CN(c2cccc(OC(C)C)c2)S(C)(=O)=O)cc1. The van der Waals surface area contributed by atoms with Gasteiger partial charge in [-0.25, -0.2) is 8.42 Å². The van der Waals surface area contributed by atoms with E-state index >= 15 is 0 Å². The number of hydrogen-bond acceptors (Lipinski definition) is 4. The molecule has 2 rings (SSSR count). The van der Waals surface area contributed by atoms with Crippen molar-refractivity contribution >= 4 is 21.6 Å². The van der Waals surface area contributed by atoms with E-state index in [-0.39, 0.29) is 18.6 Å². The van der Waals surface area contributed by atoms with Crippen molar-refractivity contribution in [2.24, 2.45) is 0 Å². The first-order valence-electron chi connectivity index (χ1n) is 9.72. The zero-order chi connectivity index (χ0) is 21.4. The van der Waals surface area contributed by atoms with Gasteiger partial charge in [-0.1, -0.05) is 35.9 Å². The Morgan fingerprint density at radius 1 is 1.14 bits per heavy atom. The van der Waals surface area contributed by atoms with Crippen LogP contribution in [0, 0.1) is 6.92 Å². The molecule has 2 aromatic carbocycles. The average Bonchev–Trinajstić information content (AvgIpc) is 2.63. The van der Waals surface area contributed by atoms with E-state index in [2.05, 4.69) is 29.6 Å². The van der Waals surface area contributed by atoms with Crippen LogP contribution in [-0.4, -0.2) is 39.8 Å². The number of nitrogens with zero attached hydrogens (tertiary/aromatic N) is 1. The standard InChI is InChI=1S/C22H30N2O4S/c1-17(2)28-21-9-5-8-20(15-21)24(29(4,26)27)16-22(25)23-14-6-7-19-12-10-18(3)11-13-19/h5,8-13,15,17H,6-7,14,16H2,1-4H3,(H,23,25). The summed E-state index contributed by atoms with van der Waals surface area (Å²) in [6.07, 6.45) is 2.69. The minimum Gasteiger partial charge on any atom is -0.491 e. The third kappa shape index (κ3) is 7.77. The Morgan fingerprint density at radius 3 is 2.45 bits per heavy atom. The molecule has 158 valence electrons. The van der Waals surface area contributed by atoms with Crippen LogP contribution >= 0.6 is 0 Å². The summed E-state index contributed by atoms with van der Waals surface area (Å²) >= 11 is 0. The molecule has 0 fully saturated rings. The summed E-state index contributed by atoms with van der Waals surface area (Å²) in [4.78, 5) is 12.3. The predicted octanol–water partition coefficient (Wildman–Crippen LogP) is 3.30. The molecule has 0 bridgehead atoms. The van der Waals surface area contributed by atoms with E-state index in [0.717, 1.165) is 23.4 Å². The summed E-state index contributed by atoms with van der Waals surface area (Å²) < 4.78 is 31.2. The second-order valence-electron chi connectivity index (χ2n) is 7.37. The number of nitrogens with one attached hydrogen (secondary N) is 1. The van der Waals surface area contributed by atoms with Gasteiger partial charge in [0.25, 0.3) is 0 Å². The summed E-state index contributed by atoms with van der Waals surface area (Å²) in [5.41, 5.74) is 2.83. The largest absolute Gasteiger partial charge is 0.491 e. The molecule has 0 aromatic heterocycles. The third-order valence-electron chi connectivity index (χ3n) is 4.25. The molecule has 0 unspecified atom stereocenters. The van der Waals surface area contributed by atoms with E-state index in [0.29, 0.717) is 18.0 Å². The maximum atomic E-state index is 12.3. The topological polar surface area (TPSA) is 75.7 Å². The summed E-state index contributed by atoms with van der Waals surface area (Å²) in [5.74, 6) is 0.221. The normalized spacial score (nSPS) is 11.3. The van der Waals surface area contributed by atoms with Crippen LogP contribution in [0.2, 0.25) is 0 Å². The van der Waals surface area contributed by atoms with Crippen molar-refractivity contribution in [3.05, 3.63) is 59.7 Å². The highest BCUT2D eigenvalue weighted by Crippen LogP contribution is 2.23. The van der Waals surface area contributed by atoms with Crippen LogP contribution in [0.15, 0.2) is 48.5 Å². The summed E-state index contributed by atoms with van der Waals surface area (Å²) in [7, 11) is -3.62. The van der Waals surface area contributed by atoms with Crippen LogP contribution < -0.4 is 14.4 Å². The second kappa shape index (κ2) is 10.3. The predicted molar refractivity (Wildman–Crippen MR) is 117 cm³/mol. The number of anilines is 1. The van der Waals surface area contributed by atoms with Gasteiger partial charge in [0.05, 0.1) is 18.0 Å². The van der Waals surface area contributed by atoms with Gasteiger partial charge in [-0.3, -0.25) is 9.10 Å². The minimum absolute atomic E-state index is 0.0336. The van der Waals surface area contributed by atoms with Crippen LogP contribution in [0.3, 0.4) is 0 Å². The van der Waals surface area contributed by atoms with Gasteiger partial charge in [0, 0.05) is 12.6 Å². The van der Waals surface area contributed by atoms with Crippen molar-refractivity contribution in [2.45, 2.75) is 39.7 Å². The zero-order valence-electron chi connectivity index (χ0n) is 17.5. The molecule has 0 heterocycles. The van der Waals surface area contributed by atoms with Crippen molar-refractivity contribution in [1.29, 1.82) is 0 Å². The molecule has 0 aliphatic carbocycles. The Balaban J connectivity index is 1.94. The lowest BCUT2D eigenvalue weighted by atomic mass is 10.1. The van der Waals surface area contributed by atoms with Crippen molar-refractivity contribution in [3.8, 4) is 5.75 Å². The number of rotatable bonds is 10. The highest BCUT2D eigenvalue weighted by atomic mass is 32.2. The summed E-state index contributed by atoms with van der Waals surface area (Å²) in [6, 6.07) is 15.0. The van der Waals surface area contributed by atoms with E-state index in [1.54, 1.807) is 24.3 Å². The first kappa shape index (κ1) is 22.7. The Morgan fingerprint density at radius 2 is 1.83 bits per heavy atom.